The van der Waals surface area contributed by atoms with Gasteiger partial charge in [0.25, 0.3) is 0 Å². The quantitative estimate of drug-likeness (QED) is 0.342. The van der Waals surface area contributed by atoms with E-state index in [1.165, 1.54) is 0 Å². The van der Waals surface area contributed by atoms with Gasteiger partial charge in [0, 0.05) is 13.6 Å². The van der Waals surface area contributed by atoms with Crippen LogP contribution >= 0.6 is 0 Å². The molecule has 0 saturated carbocycles. The fraction of sp³-hybridized carbons (Fsp3) is 0.500. The van der Waals surface area contributed by atoms with Gasteiger partial charge in [-0.15, -0.1) is 0 Å². The van der Waals surface area contributed by atoms with Gasteiger partial charge in [-0.3, -0.25) is 0 Å². The van der Waals surface area contributed by atoms with Crippen molar-refractivity contribution in [2.24, 2.45) is 10.9 Å². The lowest BCUT2D eigenvalue weighted by atomic mass is 10.3. The van der Waals surface area contributed by atoms with Crippen molar-refractivity contribution in [3.8, 4) is 0 Å². The molecule has 6 heteroatoms. The van der Waals surface area contributed by atoms with E-state index in [2.05, 4.69) is 10.1 Å². The van der Waals surface area contributed by atoms with E-state index in [0.29, 0.717) is 12.3 Å². The number of nitrogens with zero attached hydrogens (tertiary/aromatic N) is 3. The zero-order chi connectivity index (χ0) is 13.5. The smallest absolute Gasteiger partial charge is 0.188 e. The van der Waals surface area contributed by atoms with Gasteiger partial charge in [0.15, 0.2) is 5.84 Å². The van der Waals surface area contributed by atoms with Crippen LogP contribution < -0.4 is 10.6 Å². The average Bonchev–Trinajstić information content (AvgIpc) is 2.37. The van der Waals surface area contributed by atoms with Crippen LogP contribution in [0.3, 0.4) is 0 Å². The van der Waals surface area contributed by atoms with Gasteiger partial charge in [0.2, 0.25) is 0 Å². The molecule has 0 radical (unpaired) electrons. The van der Waals surface area contributed by atoms with E-state index in [0.717, 1.165) is 12.4 Å². The molecule has 18 heavy (non-hydrogen) atoms. The number of pyridine rings is 1. The van der Waals surface area contributed by atoms with E-state index in [1.54, 1.807) is 6.07 Å². The highest BCUT2D eigenvalue weighted by Crippen LogP contribution is 2.09. The van der Waals surface area contributed by atoms with E-state index >= 15 is 0 Å². The van der Waals surface area contributed by atoms with Crippen molar-refractivity contribution in [2.75, 3.05) is 25.1 Å². The van der Waals surface area contributed by atoms with Crippen molar-refractivity contribution < 1.29 is 9.94 Å². The zero-order valence-corrected chi connectivity index (χ0v) is 11.0. The van der Waals surface area contributed by atoms with Crippen LogP contribution in [0.25, 0.3) is 0 Å². The number of likely N-dealkylation sites (N-methyl/N-ethyl adjacent to an activating group) is 1. The third-order valence-corrected chi connectivity index (χ3v) is 2.37. The summed E-state index contributed by atoms with van der Waals surface area (Å²) in [5.41, 5.74) is 5.95. The van der Waals surface area contributed by atoms with Crippen LogP contribution in [0.2, 0.25) is 0 Å². The topological polar surface area (TPSA) is 84.0 Å². The lowest BCUT2D eigenvalue weighted by Crippen LogP contribution is -2.25. The molecule has 1 aromatic rings. The highest BCUT2D eigenvalue weighted by atomic mass is 16.5. The highest BCUT2D eigenvalue weighted by Gasteiger charge is 2.06. The lowest BCUT2D eigenvalue weighted by molar-refractivity contribution is 0.0845. The lowest BCUT2D eigenvalue weighted by Gasteiger charge is -2.19. The number of oxime groups is 1. The molecule has 1 aromatic heterocycles. The predicted octanol–water partition coefficient (Wildman–Crippen LogP) is 1.04. The maximum atomic E-state index is 8.61. The Balaban J connectivity index is 2.65. The molecule has 0 bridgehead atoms. The molecular formula is C12H20N4O2. The largest absolute Gasteiger partial charge is 0.409 e. The fourth-order valence-electron chi connectivity index (χ4n) is 1.37. The molecule has 0 aromatic carbocycles. The van der Waals surface area contributed by atoms with E-state index in [4.69, 9.17) is 15.7 Å². The van der Waals surface area contributed by atoms with Gasteiger partial charge in [-0.1, -0.05) is 11.2 Å². The first kappa shape index (κ1) is 14.2. The monoisotopic (exact) mass is 252 g/mol. The Kier molecular flexibility index (Phi) is 5.38. The average molecular weight is 252 g/mol. The molecule has 0 unspecified atom stereocenters. The summed E-state index contributed by atoms with van der Waals surface area (Å²) in [6, 6.07) is 5.37. The Hall–Kier alpha value is -1.82. The Labute approximate surface area is 107 Å². The molecule has 1 rings (SSSR count). The summed E-state index contributed by atoms with van der Waals surface area (Å²) in [6.45, 7) is 5.35. The van der Waals surface area contributed by atoms with Crippen LogP contribution in [0, 0.1) is 0 Å². The number of aromatic nitrogens is 1. The van der Waals surface area contributed by atoms with Crippen LogP contribution in [0.4, 0.5) is 5.82 Å². The first-order valence-electron chi connectivity index (χ1n) is 5.82. The minimum absolute atomic E-state index is 0.00341. The number of rotatable bonds is 6. The first-order valence-corrected chi connectivity index (χ1v) is 5.82. The molecule has 100 valence electrons. The van der Waals surface area contributed by atoms with Crippen LogP contribution in [0.15, 0.2) is 23.4 Å². The first-order chi connectivity index (χ1) is 8.54. The minimum Gasteiger partial charge on any atom is -0.409 e. The van der Waals surface area contributed by atoms with Crippen LogP contribution in [-0.2, 0) is 4.74 Å². The van der Waals surface area contributed by atoms with E-state index < -0.39 is 0 Å². The van der Waals surface area contributed by atoms with Gasteiger partial charge in [-0.2, -0.15) is 0 Å². The van der Waals surface area contributed by atoms with Crippen molar-refractivity contribution in [3.63, 3.8) is 0 Å². The molecule has 0 atom stereocenters. The summed E-state index contributed by atoms with van der Waals surface area (Å²) in [5.74, 6) is 0.759. The molecule has 0 fully saturated rings. The highest BCUT2D eigenvalue weighted by molar-refractivity contribution is 5.95. The normalized spacial score (nSPS) is 11.9. The van der Waals surface area contributed by atoms with Gasteiger partial charge in [0.05, 0.1) is 12.7 Å². The van der Waals surface area contributed by atoms with Gasteiger partial charge in [-0.05, 0) is 26.0 Å². The van der Waals surface area contributed by atoms with E-state index in [1.807, 2.05) is 37.9 Å². The van der Waals surface area contributed by atoms with Crippen molar-refractivity contribution in [1.82, 2.24) is 4.98 Å². The summed E-state index contributed by atoms with van der Waals surface area (Å²) in [6.07, 6.45) is 0.217. The summed E-state index contributed by atoms with van der Waals surface area (Å²) >= 11 is 0. The van der Waals surface area contributed by atoms with Crippen molar-refractivity contribution in [1.29, 1.82) is 0 Å². The standard InChI is InChI=1S/C12H20N4O2/c1-9(2)18-8-7-16(3)11-6-4-5-10(14-11)12(13)15-17/h4-6,9,17H,7-8H2,1-3H3,(H2,13,15). The molecule has 0 aliphatic heterocycles. The number of ether oxygens (including phenoxy) is 1. The number of nitrogens with two attached hydrogens (primary N) is 1. The molecule has 0 spiro atoms. The zero-order valence-electron chi connectivity index (χ0n) is 11.0. The Morgan fingerprint density at radius 3 is 2.89 bits per heavy atom. The molecule has 3 N–H and O–H groups in total. The SMILES string of the molecule is CC(C)OCCN(C)c1cccc(/C(N)=N/O)n1. The second kappa shape index (κ2) is 6.80. The minimum atomic E-state index is 0.00341. The summed E-state index contributed by atoms with van der Waals surface area (Å²) in [5, 5.41) is 11.5. The number of hydrogen-bond acceptors (Lipinski definition) is 5. The van der Waals surface area contributed by atoms with Crippen molar-refractivity contribution in [3.05, 3.63) is 23.9 Å². The summed E-state index contributed by atoms with van der Waals surface area (Å²) in [7, 11) is 1.92. The fourth-order valence-corrected chi connectivity index (χ4v) is 1.37. The third-order valence-electron chi connectivity index (χ3n) is 2.37. The van der Waals surface area contributed by atoms with Crippen molar-refractivity contribution in [2.45, 2.75) is 20.0 Å². The molecule has 0 amide bonds. The third kappa shape index (κ3) is 4.21. The van der Waals surface area contributed by atoms with Gasteiger partial charge < -0.3 is 20.6 Å². The Bertz CT molecular complexity index is 407. The second-order valence-electron chi connectivity index (χ2n) is 4.21. The maximum Gasteiger partial charge on any atom is 0.188 e. The van der Waals surface area contributed by atoms with Crippen LogP contribution in [0.5, 0.6) is 0 Å². The molecule has 0 saturated heterocycles. The van der Waals surface area contributed by atoms with Crippen LogP contribution in [-0.4, -0.2) is 42.3 Å². The van der Waals surface area contributed by atoms with E-state index in [9.17, 15) is 0 Å². The molecular weight excluding hydrogens is 232 g/mol. The molecule has 6 nitrogen and oxygen atoms in total. The van der Waals surface area contributed by atoms with Crippen molar-refractivity contribution >= 4 is 11.7 Å². The summed E-state index contributed by atoms with van der Waals surface area (Å²) < 4.78 is 5.47. The van der Waals surface area contributed by atoms with Crippen LogP contribution in [0.1, 0.15) is 19.5 Å². The second-order valence-corrected chi connectivity index (χ2v) is 4.21. The predicted molar refractivity (Wildman–Crippen MR) is 71.1 cm³/mol. The summed E-state index contributed by atoms with van der Waals surface area (Å²) in [4.78, 5) is 6.25. The Morgan fingerprint density at radius 2 is 2.28 bits per heavy atom. The molecule has 1 heterocycles. The molecule has 0 aliphatic rings. The maximum absolute atomic E-state index is 8.61. The molecule has 0 aliphatic carbocycles. The Morgan fingerprint density at radius 1 is 1.56 bits per heavy atom. The van der Waals surface area contributed by atoms with Gasteiger partial charge in [-0.25, -0.2) is 4.98 Å². The van der Waals surface area contributed by atoms with E-state index in [-0.39, 0.29) is 11.9 Å². The number of anilines is 1. The van der Waals surface area contributed by atoms with Gasteiger partial charge >= 0.3 is 0 Å². The number of hydrogen-bond donors (Lipinski definition) is 2. The number of amidine groups is 1. The van der Waals surface area contributed by atoms with Gasteiger partial charge in [0.1, 0.15) is 11.5 Å².